The molecule has 6 nitrogen and oxygen atoms in total. The lowest BCUT2D eigenvalue weighted by atomic mass is 10.0. The van der Waals surface area contributed by atoms with E-state index in [0.717, 1.165) is 31.9 Å². The summed E-state index contributed by atoms with van der Waals surface area (Å²) in [4.78, 5) is 22.6. The van der Waals surface area contributed by atoms with Crippen molar-refractivity contribution in [3.63, 3.8) is 0 Å². The Morgan fingerprint density at radius 2 is 2.15 bits per heavy atom. The summed E-state index contributed by atoms with van der Waals surface area (Å²) in [6.45, 7) is 5.57. The van der Waals surface area contributed by atoms with E-state index in [1.807, 2.05) is 13.8 Å². The van der Waals surface area contributed by atoms with Gasteiger partial charge in [0.2, 0.25) is 11.9 Å². The van der Waals surface area contributed by atoms with Crippen molar-refractivity contribution in [2.75, 3.05) is 18.0 Å². The number of rotatable bonds is 4. The minimum atomic E-state index is -0.446. The number of nitrogens with zero attached hydrogens (tertiary/aromatic N) is 3. The maximum atomic E-state index is 12.0. The highest BCUT2D eigenvalue weighted by Crippen LogP contribution is 2.15. The highest BCUT2D eigenvalue weighted by molar-refractivity contribution is 5.82. The molecule has 0 bridgehead atoms. The number of hydrogen-bond donors (Lipinski definition) is 2. The number of aromatic nitrogens is 2. The van der Waals surface area contributed by atoms with Gasteiger partial charge in [0.05, 0.1) is 6.04 Å². The van der Waals surface area contributed by atoms with Crippen molar-refractivity contribution in [3.8, 4) is 0 Å². The van der Waals surface area contributed by atoms with E-state index in [1.54, 1.807) is 18.5 Å². The summed E-state index contributed by atoms with van der Waals surface area (Å²) in [6.07, 6.45) is 5.46. The summed E-state index contributed by atoms with van der Waals surface area (Å²) in [6, 6.07) is 1.47. The van der Waals surface area contributed by atoms with Gasteiger partial charge in [-0.15, -0.1) is 0 Å². The third-order valence-corrected chi connectivity index (χ3v) is 3.62. The van der Waals surface area contributed by atoms with Gasteiger partial charge in [-0.3, -0.25) is 4.79 Å². The molecular weight excluding hydrogens is 254 g/mol. The van der Waals surface area contributed by atoms with Crippen LogP contribution in [-0.4, -0.2) is 41.0 Å². The molecule has 2 rings (SSSR count). The zero-order valence-corrected chi connectivity index (χ0v) is 12.1. The molecule has 1 aromatic heterocycles. The van der Waals surface area contributed by atoms with Crippen molar-refractivity contribution in [1.29, 1.82) is 0 Å². The summed E-state index contributed by atoms with van der Waals surface area (Å²) in [5.74, 6) is 0.799. The molecule has 1 aromatic rings. The smallest absolute Gasteiger partial charge is 0.237 e. The average Bonchev–Trinajstić information content (AvgIpc) is 2.47. The van der Waals surface area contributed by atoms with Crippen LogP contribution in [-0.2, 0) is 4.79 Å². The van der Waals surface area contributed by atoms with Gasteiger partial charge >= 0.3 is 0 Å². The number of nitrogens with two attached hydrogens (primary N) is 1. The van der Waals surface area contributed by atoms with E-state index in [4.69, 9.17) is 5.73 Å². The van der Waals surface area contributed by atoms with Gasteiger partial charge in [-0.2, -0.15) is 0 Å². The summed E-state index contributed by atoms with van der Waals surface area (Å²) >= 11 is 0. The normalized spacial score (nSPS) is 20.8. The van der Waals surface area contributed by atoms with Crippen LogP contribution < -0.4 is 16.0 Å². The number of carbonyl (C=O) groups is 1. The molecule has 1 amide bonds. The van der Waals surface area contributed by atoms with Gasteiger partial charge < -0.3 is 16.0 Å². The first-order valence-corrected chi connectivity index (χ1v) is 7.16. The van der Waals surface area contributed by atoms with Crippen molar-refractivity contribution in [2.24, 2.45) is 11.7 Å². The Bertz CT molecular complexity index is 436. The van der Waals surface area contributed by atoms with Crippen LogP contribution in [0, 0.1) is 5.92 Å². The van der Waals surface area contributed by atoms with Crippen LogP contribution >= 0.6 is 0 Å². The third-order valence-electron chi connectivity index (χ3n) is 3.62. The molecule has 2 heterocycles. The van der Waals surface area contributed by atoms with Crippen LogP contribution in [0.4, 0.5) is 5.95 Å². The second-order valence-corrected chi connectivity index (χ2v) is 5.61. The van der Waals surface area contributed by atoms with Gasteiger partial charge in [0.15, 0.2) is 0 Å². The van der Waals surface area contributed by atoms with Crippen LogP contribution in [0.25, 0.3) is 0 Å². The van der Waals surface area contributed by atoms with Crippen molar-refractivity contribution in [1.82, 2.24) is 15.3 Å². The molecule has 0 radical (unpaired) electrons. The van der Waals surface area contributed by atoms with Gasteiger partial charge in [0, 0.05) is 31.5 Å². The molecule has 110 valence electrons. The van der Waals surface area contributed by atoms with Gasteiger partial charge in [-0.1, -0.05) is 13.8 Å². The number of hydrogen-bond acceptors (Lipinski definition) is 5. The molecule has 0 aromatic carbocycles. The Morgan fingerprint density at radius 3 is 2.80 bits per heavy atom. The highest BCUT2D eigenvalue weighted by Gasteiger charge is 2.25. The molecule has 1 saturated heterocycles. The second-order valence-electron chi connectivity index (χ2n) is 5.61. The molecule has 0 spiro atoms. The molecule has 1 fully saturated rings. The SMILES string of the molecule is CC(C)[C@@H](N)C(=O)NC1CCCN(c2ncccn2)C1. The van der Waals surface area contributed by atoms with Gasteiger partial charge in [0.25, 0.3) is 0 Å². The first-order valence-electron chi connectivity index (χ1n) is 7.16. The molecule has 6 heteroatoms. The summed E-state index contributed by atoms with van der Waals surface area (Å²) < 4.78 is 0. The summed E-state index contributed by atoms with van der Waals surface area (Å²) in [7, 11) is 0. The molecule has 3 N–H and O–H groups in total. The Balaban J connectivity index is 1.92. The second kappa shape index (κ2) is 6.65. The molecule has 1 unspecified atom stereocenters. The maximum absolute atomic E-state index is 12.0. The zero-order chi connectivity index (χ0) is 14.5. The lowest BCUT2D eigenvalue weighted by molar-refractivity contribution is -0.124. The first kappa shape index (κ1) is 14.7. The van der Waals surface area contributed by atoms with E-state index in [1.165, 1.54) is 0 Å². The number of amides is 1. The monoisotopic (exact) mass is 277 g/mol. The quantitative estimate of drug-likeness (QED) is 0.839. The molecule has 0 saturated carbocycles. The molecular formula is C14H23N5O. The van der Waals surface area contributed by atoms with Crippen molar-refractivity contribution < 1.29 is 4.79 Å². The first-order chi connectivity index (χ1) is 9.58. The Labute approximate surface area is 119 Å². The van der Waals surface area contributed by atoms with Crippen LogP contribution in [0.1, 0.15) is 26.7 Å². The summed E-state index contributed by atoms with van der Waals surface area (Å²) in [5.41, 5.74) is 5.87. The topological polar surface area (TPSA) is 84.1 Å². The van der Waals surface area contributed by atoms with E-state index < -0.39 is 6.04 Å². The zero-order valence-electron chi connectivity index (χ0n) is 12.1. The van der Waals surface area contributed by atoms with Gasteiger partial charge in [0.1, 0.15) is 0 Å². The van der Waals surface area contributed by atoms with Crippen LogP contribution in [0.15, 0.2) is 18.5 Å². The molecule has 2 atom stereocenters. The number of carbonyl (C=O) groups excluding carboxylic acids is 1. The largest absolute Gasteiger partial charge is 0.350 e. The van der Waals surface area contributed by atoms with Crippen LogP contribution in [0.2, 0.25) is 0 Å². The van der Waals surface area contributed by atoms with E-state index in [2.05, 4.69) is 20.2 Å². The highest BCUT2D eigenvalue weighted by atomic mass is 16.2. The van der Waals surface area contributed by atoms with E-state index in [0.29, 0.717) is 0 Å². The fraction of sp³-hybridized carbons (Fsp3) is 0.643. The molecule has 1 aliphatic rings. The molecule has 1 aliphatic heterocycles. The minimum absolute atomic E-state index is 0.0687. The van der Waals surface area contributed by atoms with Crippen molar-refractivity contribution >= 4 is 11.9 Å². The average molecular weight is 277 g/mol. The number of nitrogens with one attached hydrogen (secondary N) is 1. The van der Waals surface area contributed by atoms with E-state index in [9.17, 15) is 4.79 Å². The Morgan fingerprint density at radius 1 is 1.45 bits per heavy atom. The van der Waals surface area contributed by atoms with Gasteiger partial charge in [-0.05, 0) is 24.8 Å². The Hall–Kier alpha value is -1.69. The number of piperidine rings is 1. The lowest BCUT2D eigenvalue weighted by Gasteiger charge is -2.33. The predicted molar refractivity (Wildman–Crippen MR) is 78.2 cm³/mol. The third kappa shape index (κ3) is 3.66. The van der Waals surface area contributed by atoms with Crippen LogP contribution in [0.5, 0.6) is 0 Å². The standard InChI is InChI=1S/C14H23N5O/c1-10(2)12(15)13(20)18-11-5-3-8-19(9-11)14-16-6-4-7-17-14/h4,6-7,10-12H,3,5,8-9,15H2,1-2H3,(H,18,20)/t11?,12-/m1/s1. The summed E-state index contributed by atoms with van der Waals surface area (Å²) in [5, 5.41) is 3.04. The van der Waals surface area contributed by atoms with Crippen LogP contribution in [0.3, 0.4) is 0 Å². The predicted octanol–water partition coefficient (Wildman–Crippen LogP) is 0.545. The van der Waals surface area contributed by atoms with E-state index in [-0.39, 0.29) is 17.9 Å². The fourth-order valence-electron chi connectivity index (χ4n) is 2.33. The van der Waals surface area contributed by atoms with Crippen molar-refractivity contribution in [2.45, 2.75) is 38.8 Å². The van der Waals surface area contributed by atoms with E-state index >= 15 is 0 Å². The number of anilines is 1. The van der Waals surface area contributed by atoms with Gasteiger partial charge in [-0.25, -0.2) is 9.97 Å². The lowest BCUT2D eigenvalue weighted by Crippen LogP contribution is -2.53. The minimum Gasteiger partial charge on any atom is -0.350 e. The molecule has 20 heavy (non-hydrogen) atoms. The fourth-order valence-corrected chi connectivity index (χ4v) is 2.33. The maximum Gasteiger partial charge on any atom is 0.237 e. The Kier molecular flexibility index (Phi) is 4.89. The van der Waals surface area contributed by atoms with Crippen molar-refractivity contribution in [3.05, 3.63) is 18.5 Å². The molecule has 0 aliphatic carbocycles.